The van der Waals surface area contributed by atoms with Gasteiger partial charge < -0.3 is 14.2 Å². The van der Waals surface area contributed by atoms with E-state index in [2.05, 4.69) is 13.8 Å². The number of hydrogen-bond donors (Lipinski definition) is 0. The fourth-order valence-corrected chi connectivity index (χ4v) is 8.51. The topological polar surface area (TPSA) is 65.1 Å². The van der Waals surface area contributed by atoms with Gasteiger partial charge in [0.05, 0.1) is 37.3 Å². The first-order valence-electron chi connectivity index (χ1n) is 24.2. The number of unbranched alkanes of at least 4 members (excludes halogenated alkanes) is 34. The third-order valence-electron chi connectivity index (χ3n) is 12.2. The van der Waals surface area contributed by atoms with E-state index in [-0.39, 0.29) is 24.1 Å². The van der Waals surface area contributed by atoms with E-state index in [1.54, 1.807) is 0 Å². The molecule has 0 aromatic carbocycles. The molecule has 0 spiro atoms. The van der Waals surface area contributed by atoms with E-state index in [9.17, 15) is 9.59 Å². The molecular weight excluding hydrogens is 657 g/mol. The molecular formula is C48H90O5. The Morgan fingerprint density at radius 1 is 0.358 bits per heavy atom. The minimum Gasteiger partial charge on any atom is -0.465 e. The first-order valence-corrected chi connectivity index (χ1v) is 24.2. The Morgan fingerprint density at radius 3 is 0.792 bits per heavy atom. The average molecular weight is 747 g/mol. The molecule has 2 rings (SSSR count). The van der Waals surface area contributed by atoms with Crippen molar-refractivity contribution in [2.24, 2.45) is 11.8 Å². The van der Waals surface area contributed by atoms with Crippen molar-refractivity contribution in [2.75, 3.05) is 13.2 Å². The molecule has 1 heterocycles. The maximum atomic E-state index is 13.0. The molecule has 1 saturated carbocycles. The lowest BCUT2D eigenvalue weighted by Gasteiger charge is -2.26. The van der Waals surface area contributed by atoms with Crippen molar-refractivity contribution in [3.8, 4) is 0 Å². The van der Waals surface area contributed by atoms with Gasteiger partial charge in [-0.15, -0.1) is 0 Å². The van der Waals surface area contributed by atoms with Crippen molar-refractivity contribution < 1.29 is 23.8 Å². The van der Waals surface area contributed by atoms with Gasteiger partial charge in [-0.1, -0.05) is 232 Å². The molecule has 1 aliphatic carbocycles. The van der Waals surface area contributed by atoms with Crippen LogP contribution in [0.3, 0.4) is 0 Å². The molecule has 0 amide bonds. The smallest absolute Gasteiger partial charge is 0.309 e. The van der Waals surface area contributed by atoms with Crippen molar-refractivity contribution in [3.63, 3.8) is 0 Å². The molecule has 0 bridgehead atoms. The quantitative estimate of drug-likeness (QED) is 0.0355. The second-order valence-electron chi connectivity index (χ2n) is 17.3. The molecule has 1 saturated heterocycles. The van der Waals surface area contributed by atoms with Crippen LogP contribution in [0.1, 0.15) is 258 Å². The van der Waals surface area contributed by atoms with Crippen LogP contribution in [0.5, 0.6) is 0 Å². The van der Waals surface area contributed by atoms with Crippen LogP contribution in [-0.2, 0) is 23.8 Å². The van der Waals surface area contributed by atoms with Gasteiger partial charge >= 0.3 is 11.9 Å². The lowest BCUT2D eigenvalue weighted by molar-refractivity contribution is -0.162. The molecule has 0 radical (unpaired) electrons. The summed E-state index contributed by atoms with van der Waals surface area (Å²) in [7, 11) is 0. The molecule has 1 aliphatic heterocycles. The first-order chi connectivity index (χ1) is 26.2. The van der Waals surface area contributed by atoms with Crippen LogP contribution < -0.4 is 0 Å². The summed E-state index contributed by atoms with van der Waals surface area (Å²) in [5.41, 5.74) is 0. The van der Waals surface area contributed by atoms with Crippen LogP contribution >= 0.6 is 0 Å². The standard InChI is InChI=1S/C48H90O5/c1-3-5-7-9-11-13-15-17-19-21-23-25-27-29-31-33-35-37-39-51-47(49)43-41-45-46(53-45)42-44(43)48(50)52-40-38-36-34-32-30-28-26-24-22-20-18-16-14-12-10-8-6-4-2/h43-46H,3-42H2,1-2H3. The van der Waals surface area contributed by atoms with Crippen molar-refractivity contribution >= 4 is 11.9 Å². The zero-order valence-electron chi connectivity index (χ0n) is 35.6. The van der Waals surface area contributed by atoms with Gasteiger partial charge in [0.2, 0.25) is 0 Å². The summed E-state index contributed by atoms with van der Waals surface area (Å²) in [6.45, 7) is 5.50. The molecule has 0 N–H and O–H groups in total. The first kappa shape index (κ1) is 48.0. The number of epoxide rings is 1. The largest absolute Gasteiger partial charge is 0.465 e. The molecule has 5 nitrogen and oxygen atoms in total. The van der Waals surface area contributed by atoms with Crippen LogP contribution in [-0.4, -0.2) is 37.4 Å². The van der Waals surface area contributed by atoms with Gasteiger partial charge in [0.15, 0.2) is 0 Å². The third-order valence-corrected chi connectivity index (χ3v) is 12.2. The van der Waals surface area contributed by atoms with Gasteiger partial charge in [0.25, 0.3) is 0 Å². The monoisotopic (exact) mass is 747 g/mol. The molecule has 4 unspecified atom stereocenters. The zero-order valence-corrected chi connectivity index (χ0v) is 35.6. The lowest BCUT2D eigenvalue weighted by atomic mass is 9.79. The van der Waals surface area contributed by atoms with E-state index >= 15 is 0 Å². The van der Waals surface area contributed by atoms with E-state index in [1.165, 1.54) is 205 Å². The SMILES string of the molecule is CCCCCCCCCCCCCCCCCCCCOC(=O)C1CC2OC2CC1C(=O)OCCCCCCCCCCCCCCCCCCCC. The van der Waals surface area contributed by atoms with Crippen LogP contribution in [0.15, 0.2) is 0 Å². The summed E-state index contributed by atoms with van der Waals surface area (Å²) >= 11 is 0. The van der Waals surface area contributed by atoms with Crippen molar-refractivity contribution in [2.45, 2.75) is 270 Å². The van der Waals surface area contributed by atoms with Gasteiger partial charge in [0.1, 0.15) is 0 Å². The van der Waals surface area contributed by atoms with Crippen molar-refractivity contribution in [1.29, 1.82) is 0 Å². The van der Waals surface area contributed by atoms with Crippen LogP contribution in [0, 0.1) is 11.8 Å². The zero-order chi connectivity index (χ0) is 37.9. The Labute approximate surface area is 330 Å². The molecule has 0 aromatic rings. The summed E-state index contributed by atoms with van der Waals surface area (Å²) in [4.78, 5) is 26.0. The number of ether oxygens (including phenoxy) is 3. The highest BCUT2D eigenvalue weighted by atomic mass is 16.6. The Hall–Kier alpha value is -1.10. The Kier molecular flexibility index (Phi) is 32.0. The number of esters is 2. The second-order valence-corrected chi connectivity index (χ2v) is 17.3. The van der Waals surface area contributed by atoms with E-state index in [0.717, 1.165) is 25.7 Å². The third kappa shape index (κ3) is 27.2. The molecule has 2 aliphatic rings. The fraction of sp³-hybridized carbons (Fsp3) is 0.958. The fourth-order valence-electron chi connectivity index (χ4n) is 8.51. The molecule has 5 heteroatoms. The van der Waals surface area contributed by atoms with Crippen LogP contribution in [0.2, 0.25) is 0 Å². The van der Waals surface area contributed by atoms with E-state index in [0.29, 0.717) is 26.1 Å². The summed E-state index contributed by atoms with van der Waals surface area (Å²) in [6, 6.07) is 0. The van der Waals surface area contributed by atoms with E-state index < -0.39 is 11.8 Å². The maximum Gasteiger partial charge on any atom is 0.309 e. The van der Waals surface area contributed by atoms with Gasteiger partial charge in [0, 0.05) is 0 Å². The van der Waals surface area contributed by atoms with Crippen LogP contribution in [0.25, 0.3) is 0 Å². The van der Waals surface area contributed by atoms with Gasteiger partial charge in [-0.2, -0.15) is 0 Å². The van der Waals surface area contributed by atoms with E-state index in [1.807, 2.05) is 0 Å². The van der Waals surface area contributed by atoms with Crippen molar-refractivity contribution in [1.82, 2.24) is 0 Å². The summed E-state index contributed by atoms with van der Waals surface area (Å²) < 4.78 is 17.1. The lowest BCUT2D eigenvalue weighted by Crippen LogP contribution is -2.37. The minimum atomic E-state index is -0.415. The Bertz CT molecular complexity index is 763. The molecule has 2 fully saturated rings. The number of fused-ring (bicyclic) bond motifs is 1. The minimum absolute atomic E-state index is 0.122. The molecule has 312 valence electrons. The highest BCUT2D eigenvalue weighted by molar-refractivity contribution is 5.82. The van der Waals surface area contributed by atoms with Gasteiger partial charge in [-0.05, 0) is 25.7 Å². The van der Waals surface area contributed by atoms with Gasteiger partial charge in [-0.3, -0.25) is 9.59 Å². The molecule has 0 aromatic heterocycles. The van der Waals surface area contributed by atoms with E-state index in [4.69, 9.17) is 14.2 Å². The Morgan fingerprint density at radius 2 is 0.566 bits per heavy atom. The summed E-state index contributed by atoms with van der Waals surface area (Å²) in [5, 5.41) is 0. The van der Waals surface area contributed by atoms with Crippen LogP contribution in [0.4, 0.5) is 0 Å². The number of hydrogen-bond acceptors (Lipinski definition) is 5. The highest BCUT2D eigenvalue weighted by Gasteiger charge is 2.53. The summed E-state index contributed by atoms with van der Waals surface area (Å²) in [6.07, 6.45) is 49.8. The normalized spacial score (nSPS) is 19.3. The highest BCUT2D eigenvalue weighted by Crippen LogP contribution is 2.44. The number of rotatable bonds is 40. The average Bonchev–Trinajstić information content (AvgIpc) is 3.95. The number of carbonyl (C=O) groups is 2. The predicted octanol–water partition coefficient (Wildman–Crippen LogP) is 14.9. The Balaban J connectivity index is 1.36. The van der Waals surface area contributed by atoms with Gasteiger partial charge in [-0.25, -0.2) is 0 Å². The number of carbonyl (C=O) groups excluding carboxylic acids is 2. The molecule has 4 atom stereocenters. The second kappa shape index (κ2) is 35.3. The molecule has 53 heavy (non-hydrogen) atoms. The maximum absolute atomic E-state index is 13.0. The summed E-state index contributed by atoms with van der Waals surface area (Å²) in [5.74, 6) is -1.27. The predicted molar refractivity (Wildman–Crippen MR) is 224 cm³/mol. The van der Waals surface area contributed by atoms with Crippen molar-refractivity contribution in [3.05, 3.63) is 0 Å².